The van der Waals surface area contributed by atoms with Gasteiger partial charge in [-0.15, -0.1) is 6.42 Å². The zero-order valence-corrected chi connectivity index (χ0v) is 31.6. The van der Waals surface area contributed by atoms with Gasteiger partial charge in [0, 0.05) is 52.5 Å². The van der Waals surface area contributed by atoms with E-state index in [0.29, 0.717) is 62.0 Å². The summed E-state index contributed by atoms with van der Waals surface area (Å²) in [6.45, 7) is 1.84. The van der Waals surface area contributed by atoms with Gasteiger partial charge in [-0.1, -0.05) is 23.0 Å². The highest BCUT2D eigenvalue weighted by Crippen LogP contribution is 2.38. The van der Waals surface area contributed by atoms with Crippen molar-refractivity contribution in [2.24, 2.45) is 7.05 Å². The number of aromatic nitrogens is 4. The first-order valence-electron chi connectivity index (χ1n) is 18.1. The van der Waals surface area contributed by atoms with Crippen molar-refractivity contribution in [3.63, 3.8) is 0 Å². The summed E-state index contributed by atoms with van der Waals surface area (Å²) in [5.41, 5.74) is 3.69. The van der Waals surface area contributed by atoms with Crippen LogP contribution in [0.5, 0.6) is 11.5 Å². The van der Waals surface area contributed by atoms with Gasteiger partial charge in [-0.05, 0) is 54.7 Å². The van der Waals surface area contributed by atoms with Crippen molar-refractivity contribution in [3.8, 4) is 23.8 Å². The van der Waals surface area contributed by atoms with E-state index >= 15 is 0 Å². The normalized spacial score (nSPS) is 15.4. The van der Waals surface area contributed by atoms with Gasteiger partial charge >= 0.3 is 5.95 Å². The van der Waals surface area contributed by atoms with Gasteiger partial charge in [0.25, 0.3) is 11.8 Å². The van der Waals surface area contributed by atoms with Crippen molar-refractivity contribution >= 4 is 57.7 Å². The lowest BCUT2D eigenvalue weighted by Crippen LogP contribution is -2.52. The van der Waals surface area contributed by atoms with Crippen molar-refractivity contribution in [2.45, 2.75) is 45.0 Å². The van der Waals surface area contributed by atoms with Crippen LogP contribution in [0.2, 0.25) is 0 Å². The van der Waals surface area contributed by atoms with E-state index < -0.39 is 28.9 Å². The molecule has 0 aliphatic carbocycles. The number of hydrogen-bond donors (Lipinski definition) is 2. The molecule has 2 unspecified atom stereocenters. The molecule has 3 aromatic carbocycles. The van der Waals surface area contributed by atoms with E-state index in [9.17, 15) is 29.3 Å². The third kappa shape index (κ3) is 7.70. The Labute approximate surface area is 331 Å². The molecule has 58 heavy (non-hydrogen) atoms. The molecular formula is C40H37N9O9. The number of nitrogens with zero attached hydrogens (tertiary/aromatic N) is 7. The van der Waals surface area contributed by atoms with Crippen molar-refractivity contribution in [2.75, 3.05) is 30.5 Å². The topological polar surface area (TPSA) is 213 Å². The lowest BCUT2D eigenvalue weighted by atomic mass is 10.0. The Morgan fingerprint density at radius 2 is 1.93 bits per heavy atom. The van der Waals surface area contributed by atoms with Crippen LogP contribution in [0, 0.1) is 22.5 Å². The number of imide groups is 1. The number of fused-ring (bicyclic) bond motifs is 2. The third-order valence-corrected chi connectivity index (χ3v) is 9.94. The highest BCUT2D eigenvalue weighted by Gasteiger charge is 2.40. The number of ether oxygens (including phenoxy) is 3. The summed E-state index contributed by atoms with van der Waals surface area (Å²) < 4.78 is 19.0. The number of imidazole rings is 1. The summed E-state index contributed by atoms with van der Waals surface area (Å²) >= 11 is 0. The number of anilines is 3. The number of benzene rings is 3. The Bertz CT molecular complexity index is 2510. The molecule has 296 valence electrons. The number of piperidine rings is 1. The molecule has 2 aliphatic heterocycles. The molecule has 5 aromatic rings. The van der Waals surface area contributed by atoms with E-state index in [2.05, 4.69) is 31.5 Å². The quantitative estimate of drug-likeness (QED) is 0.0540. The lowest BCUT2D eigenvalue weighted by Gasteiger charge is -2.29. The van der Waals surface area contributed by atoms with Crippen molar-refractivity contribution < 1.29 is 38.3 Å². The number of carbonyl (C=O) groups is 4. The van der Waals surface area contributed by atoms with Gasteiger partial charge in [0.15, 0.2) is 11.5 Å². The van der Waals surface area contributed by atoms with Crippen molar-refractivity contribution in [1.82, 2.24) is 29.7 Å². The van der Waals surface area contributed by atoms with Gasteiger partial charge < -0.3 is 39.4 Å². The second-order valence-electron chi connectivity index (χ2n) is 13.4. The van der Waals surface area contributed by atoms with Crippen LogP contribution >= 0.6 is 0 Å². The van der Waals surface area contributed by atoms with Crippen LogP contribution in [0.25, 0.3) is 10.9 Å². The molecule has 4 heterocycles. The molecule has 0 saturated carbocycles. The Kier molecular flexibility index (Phi) is 11.0. The molecule has 2 aromatic heterocycles. The number of carbonyl (C=O) groups excluding carboxylic acids is 4. The molecule has 18 heteroatoms. The number of amides is 4. The minimum absolute atomic E-state index is 0.00682. The predicted octanol–water partition coefficient (Wildman–Crippen LogP) is 3.78. The SMILES string of the molecule is C#Cc1cccc(N(Cc2cnc([N+](=O)[O-])n2C)c2ncnc3cc(OC)c(OCCOC(C)C(=O)Nc4cccc5c4CN(C4CCC(=O)NC4=O)C5=O)cc23)c1. The number of methoxy groups -OCH3 is 1. The summed E-state index contributed by atoms with van der Waals surface area (Å²) in [4.78, 5) is 77.9. The molecule has 2 N–H and O–H groups in total. The highest BCUT2D eigenvalue weighted by molar-refractivity contribution is 6.07. The van der Waals surface area contributed by atoms with Crippen molar-refractivity contribution in [3.05, 3.63) is 99.6 Å². The Morgan fingerprint density at radius 1 is 1.12 bits per heavy atom. The second kappa shape index (κ2) is 16.4. The fraction of sp³-hybridized carbons (Fsp3) is 0.275. The highest BCUT2D eigenvalue weighted by atomic mass is 16.6. The molecular weight excluding hydrogens is 750 g/mol. The fourth-order valence-corrected chi connectivity index (χ4v) is 6.89. The summed E-state index contributed by atoms with van der Waals surface area (Å²) in [6, 6.07) is 14.8. The fourth-order valence-electron chi connectivity index (χ4n) is 6.89. The van der Waals surface area contributed by atoms with Crippen LogP contribution < -0.4 is 25.0 Å². The van der Waals surface area contributed by atoms with E-state index in [-0.39, 0.29) is 56.9 Å². The Morgan fingerprint density at radius 3 is 2.67 bits per heavy atom. The van der Waals surface area contributed by atoms with Gasteiger partial charge in [-0.3, -0.25) is 24.5 Å². The summed E-state index contributed by atoms with van der Waals surface area (Å²) in [5.74, 6) is 1.78. The van der Waals surface area contributed by atoms with Gasteiger partial charge in [-0.2, -0.15) is 0 Å². The summed E-state index contributed by atoms with van der Waals surface area (Å²) in [7, 11) is 3.05. The first kappa shape index (κ1) is 38.9. The van der Waals surface area contributed by atoms with Gasteiger partial charge in [0.1, 0.15) is 42.8 Å². The number of nitrogens with one attached hydrogen (secondary N) is 2. The Hall–Kier alpha value is -7.39. The number of terminal acetylenes is 1. The molecule has 0 bridgehead atoms. The average Bonchev–Trinajstić information content (AvgIpc) is 3.76. The molecule has 18 nitrogen and oxygen atoms in total. The van der Waals surface area contributed by atoms with Crippen molar-refractivity contribution in [1.29, 1.82) is 0 Å². The zero-order chi connectivity index (χ0) is 41.1. The second-order valence-corrected chi connectivity index (χ2v) is 13.4. The molecule has 0 radical (unpaired) electrons. The summed E-state index contributed by atoms with van der Waals surface area (Å²) in [5, 5.41) is 17.3. The van der Waals surface area contributed by atoms with Crippen LogP contribution in [0.3, 0.4) is 0 Å². The van der Waals surface area contributed by atoms with Crippen LogP contribution in [-0.2, 0) is 39.3 Å². The standard InChI is InChI=1S/C40H37N9O9/c1-5-24-8-6-9-25(16-24)47(20-26-19-41-40(46(26)3)49(54)55)36-28-17-34(33(56-4)18-31(28)42-22-43-36)58-15-14-57-23(2)37(51)44-30-11-7-10-27-29(30)21-48(39(27)53)32-12-13-35(50)45-38(32)52/h1,6-11,16-19,22-23,32H,12-15,20-21H2,2-4H3,(H,44,51)(H,45,50,52). The van der Waals surface area contributed by atoms with Crippen LogP contribution in [0.1, 0.15) is 46.9 Å². The number of hydrogen-bond acceptors (Lipinski definition) is 13. The van der Waals surface area contributed by atoms with Gasteiger partial charge in [0.05, 0.1) is 32.8 Å². The molecule has 2 atom stereocenters. The molecule has 0 spiro atoms. The third-order valence-electron chi connectivity index (χ3n) is 9.94. The maximum Gasteiger partial charge on any atom is 0.434 e. The molecule has 2 aliphatic rings. The van der Waals surface area contributed by atoms with Crippen LogP contribution in [0.4, 0.5) is 23.1 Å². The largest absolute Gasteiger partial charge is 0.493 e. The van der Waals surface area contributed by atoms with E-state index in [1.165, 1.54) is 29.1 Å². The van der Waals surface area contributed by atoms with E-state index in [1.54, 1.807) is 62.5 Å². The number of nitro groups is 1. The van der Waals surface area contributed by atoms with Crippen LogP contribution in [-0.4, -0.2) is 85.4 Å². The van der Waals surface area contributed by atoms with Crippen LogP contribution in [0.15, 0.2) is 67.1 Å². The smallest absolute Gasteiger partial charge is 0.434 e. The minimum atomic E-state index is -0.920. The van der Waals surface area contributed by atoms with E-state index in [4.69, 9.17) is 20.6 Å². The maximum absolute atomic E-state index is 13.3. The predicted molar refractivity (Wildman–Crippen MR) is 208 cm³/mol. The molecule has 4 amide bonds. The molecule has 7 rings (SSSR count). The van der Waals surface area contributed by atoms with Gasteiger partial charge in [0.2, 0.25) is 11.8 Å². The molecule has 1 saturated heterocycles. The van der Waals surface area contributed by atoms with Gasteiger partial charge in [-0.25, -0.2) is 14.5 Å². The molecule has 1 fully saturated rings. The minimum Gasteiger partial charge on any atom is -0.493 e. The zero-order valence-electron chi connectivity index (χ0n) is 31.6. The monoisotopic (exact) mass is 787 g/mol. The Balaban J connectivity index is 1.05. The number of rotatable bonds is 14. The summed E-state index contributed by atoms with van der Waals surface area (Å²) in [6.07, 6.45) is 7.99. The maximum atomic E-state index is 13.3. The van der Waals surface area contributed by atoms with E-state index in [1.807, 2.05) is 11.0 Å². The lowest BCUT2D eigenvalue weighted by molar-refractivity contribution is -0.396. The van der Waals surface area contributed by atoms with E-state index in [0.717, 1.165) is 0 Å². The first-order valence-corrected chi connectivity index (χ1v) is 18.1. The average molecular weight is 788 g/mol. The first-order chi connectivity index (χ1) is 28.0.